The molecule has 1 aromatic rings. The van der Waals surface area contributed by atoms with Crippen LogP contribution >= 0.6 is 0 Å². The lowest BCUT2D eigenvalue weighted by Crippen LogP contribution is -2.66. The Kier molecular flexibility index (Phi) is 7.65. The van der Waals surface area contributed by atoms with Crippen LogP contribution in [0.5, 0.6) is 5.75 Å². The number of Topliss-reactive ketones (excluding diaryl/α,β-unsaturated/α-hetero) is 1. The Morgan fingerprint density at radius 1 is 1.09 bits per heavy atom. The summed E-state index contributed by atoms with van der Waals surface area (Å²) in [5, 5.41) is 9.27. The van der Waals surface area contributed by atoms with Gasteiger partial charge in [-0.25, -0.2) is 0 Å². The summed E-state index contributed by atoms with van der Waals surface area (Å²) in [6.07, 6.45) is 4.54. The summed E-state index contributed by atoms with van der Waals surface area (Å²) in [7, 11) is 0. The summed E-state index contributed by atoms with van der Waals surface area (Å²) in [5.41, 5.74) is 0.730. The maximum absolute atomic E-state index is 12.9. The van der Waals surface area contributed by atoms with Gasteiger partial charge >= 0.3 is 0 Å². The molecular formula is C26H36N4O5. The molecule has 9 nitrogen and oxygen atoms in total. The van der Waals surface area contributed by atoms with Crippen molar-refractivity contribution in [1.82, 2.24) is 20.9 Å². The first kappa shape index (κ1) is 24.2. The summed E-state index contributed by atoms with van der Waals surface area (Å²) in [6.45, 7) is 3.95. The van der Waals surface area contributed by atoms with Gasteiger partial charge in [-0.2, -0.15) is 0 Å². The predicted molar refractivity (Wildman–Crippen MR) is 129 cm³/mol. The molecule has 3 atom stereocenters. The lowest BCUT2D eigenvalue weighted by Gasteiger charge is -2.40. The maximum atomic E-state index is 12.9. The third-order valence-corrected chi connectivity index (χ3v) is 7.58. The van der Waals surface area contributed by atoms with E-state index in [0.717, 1.165) is 37.2 Å². The van der Waals surface area contributed by atoms with E-state index in [1.54, 1.807) is 0 Å². The molecule has 0 bridgehead atoms. The van der Waals surface area contributed by atoms with Gasteiger partial charge in [0.2, 0.25) is 11.8 Å². The van der Waals surface area contributed by atoms with E-state index in [1.807, 2.05) is 24.3 Å². The third kappa shape index (κ3) is 6.39. The Hall–Kier alpha value is -2.49. The molecule has 0 aromatic heterocycles. The molecule has 190 valence electrons. The first-order valence-corrected chi connectivity index (χ1v) is 13.0. The zero-order valence-corrected chi connectivity index (χ0v) is 20.2. The molecule has 35 heavy (non-hydrogen) atoms. The minimum absolute atomic E-state index is 0.0124. The number of likely N-dealkylation sites (tertiary alicyclic amines) is 1. The van der Waals surface area contributed by atoms with Crippen LogP contribution in [0.2, 0.25) is 0 Å². The lowest BCUT2D eigenvalue weighted by molar-refractivity contribution is -0.135. The second-order valence-corrected chi connectivity index (χ2v) is 10.3. The maximum Gasteiger partial charge on any atom is 0.234 e. The van der Waals surface area contributed by atoms with E-state index >= 15 is 0 Å². The van der Waals surface area contributed by atoms with Crippen LogP contribution in [-0.4, -0.2) is 80.7 Å². The molecule has 3 saturated heterocycles. The number of ether oxygens (including phenoxy) is 2. The molecule has 0 spiro atoms. The molecule has 1 aliphatic carbocycles. The number of piperidine rings is 1. The van der Waals surface area contributed by atoms with E-state index in [0.29, 0.717) is 45.3 Å². The first-order valence-electron chi connectivity index (χ1n) is 13.0. The number of ketones is 1. The molecule has 3 unspecified atom stereocenters. The fraction of sp³-hybridized carbons (Fsp3) is 0.654. The van der Waals surface area contributed by atoms with Crippen LogP contribution in [0.1, 0.15) is 42.5 Å². The van der Waals surface area contributed by atoms with Gasteiger partial charge in [0.1, 0.15) is 5.75 Å². The van der Waals surface area contributed by atoms with Gasteiger partial charge in [-0.05, 0) is 75.4 Å². The fourth-order valence-corrected chi connectivity index (χ4v) is 5.16. The monoisotopic (exact) mass is 484 g/mol. The molecule has 3 aliphatic heterocycles. The highest BCUT2D eigenvalue weighted by molar-refractivity contribution is 5.98. The van der Waals surface area contributed by atoms with E-state index in [2.05, 4.69) is 20.9 Å². The van der Waals surface area contributed by atoms with Gasteiger partial charge in [-0.15, -0.1) is 0 Å². The molecule has 3 heterocycles. The molecule has 3 N–H and O–H groups in total. The van der Waals surface area contributed by atoms with Gasteiger partial charge < -0.3 is 20.1 Å². The van der Waals surface area contributed by atoms with Crippen LogP contribution in [0.4, 0.5) is 0 Å². The average Bonchev–Trinajstić information content (AvgIpc) is 3.71. The van der Waals surface area contributed by atoms with Gasteiger partial charge in [-0.3, -0.25) is 24.6 Å². The summed E-state index contributed by atoms with van der Waals surface area (Å²) in [5.74, 6) is 1.45. The minimum atomic E-state index is -0.264. The Bertz CT molecular complexity index is 911. The molecule has 9 heteroatoms. The van der Waals surface area contributed by atoms with Crippen molar-refractivity contribution in [2.45, 2.75) is 44.3 Å². The fourth-order valence-electron chi connectivity index (χ4n) is 5.16. The summed E-state index contributed by atoms with van der Waals surface area (Å²) in [4.78, 5) is 39.8. The molecule has 5 rings (SSSR count). The van der Waals surface area contributed by atoms with Gasteiger partial charge in [0, 0.05) is 24.1 Å². The summed E-state index contributed by atoms with van der Waals surface area (Å²) >= 11 is 0. The zero-order valence-electron chi connectivity index (χ0n) is 20.2. The van der Waals surface area contributed by atoms with Gasteiger partial charge in [0.15, 0.2) is 5.78 Å². The van der Waals surface area contributed by atoms with Gasteiger partial charge in [0.05, 0.1) is 38.4 Å². The van der Waals surface area contributed by atoms with Crippen LogP contribution in [0.25, 0.3) is 0 Å². The highest BCUT2D eigenvalue weighted by atomic mass is 16.5. The standard InChI is InChI=1S/C26H36N4O5/c31-24(27-13-23-28-22-9-12-34-16-21(22)26(33)29-23)14-30-10-7-19(8-11-30)25(32)18-3-5-20(6-4-18)35-15-17-1-2-17/h3-6,17,19,21-23,28H,1-2,7-16H2,(H,27,31)(H,29,33). The second kappa shape index (κ2) is 11.1. The molecule has 4 aliphatic rings. The van der Waals surface area contributed by atoms with Crippen molar-refractivity contribution < 1.29 is 23.9 Å². The topological polar surface area (TPSA) is 109 Å². The van der Waals surface area contributed by atoms with Crippen molar-refractivity contribution in [3.05, 3.63) is 29.8 Å². The van der Waals surface area contributed by atoms with Crippen LogP contribution in [-0.2, 0) is 14.3 Å². The highest BCUT2D eigenvalue weighted by Gasteiger charge is 2.38. The number of hydrogen-bond donors (Lipinski definition) is 3. The number of fused-ring (bicyclic) bond motifs is 1. The Labute approximate surface area is 206 Å². The number of carbonyl (C=O) groups is 3. The van der Waals surface area contributed by atoms with E-state index < -0.39 is 0 Å². The van der Waals surface area contributed by atoms with Crippen molar-refractivity contribution in [3.8, 4) is 5.75 Å². The quantitative estimate of drug-likeness (QED) is 0.448. The number of amides is 2. The van der Waals surface area contributed by atoms with Gasteiger partial charge in [0.25, 0.3) is 0 Å². The summed E-state index contributed by atoms with van der Waals surface area (Å²) < 4.78 is 11.2. The van der Waals surface area contributed by atoms with E-state index in [4.69, 9.17) is 9.47 Å². The normalized spacial score (nSPS) is 27.5. The van der Waals surface area contributed by atoms with Crippen molar-refractivity contribution >= 4 is 17.6 Å². The van der Waals surface area contributed by atoms with Crippen molar-refractivity contribution in [2.75, 3.05) is 46.0 Å². The number of nitrogens with zero attached hydrogens (tertiary/aromatic N) is 1. The molecular weight excluding hydrogens is 448 g/mol. The number of hydrogen-bond acceptors (Lipinski definition) is 7. The van der Waals surface area contributed by atoms with Crippen LogP contribution < -0.4 is 20.7 Å². The average molecular weight is 485 g/mol. The smallest absolute Gasteiger partial charge is 0.234 e. The molecule has 1 saturated carbocycles. The molecule has 2 amide bonds. The largest absolute Gasteiger partial charge is 0.493 e. The highest BCUT2D eigenvalue weighted by Crippen LogP contribution is 2.30. The second-order valence-electron chi connectivity index (χ2n) is 10.3. The third-order valence-electron chi connectivity index (χ3n) is 7.58. The molecule has 0 radical (unpaired) electrons. The Balaban J connectivity index is 1.01. The zero-order chi connectivity index (χ0) is 24.2. The Morgan fingerprint density at radius 3 is 2.60 bits per heavy atom. The van der Waals surface area contributed by atoms with E-state index in [9.17, 15) is 14.4 Å². The summed E-state index contributed by atoms with van der Waals surface area (Å²) in [6, 6.07) is 7.61. The number of nitrogens with one attached hydrogen (secondary N) is 3. The Morgan fingerprint density at radius 2 is 1.86 bits per heavy atom. The molecule has 1 aromatic carbocycles. The van der Waals surface area contributed by atoms with Crippen LogP contribution in [0.3, 0.4) is 0 Å². The molecule has 4 fully saturated rings. The van der Waals surface area contributed by atoms with Crippen LogP contribution in [0, 0.1) is 17.8 Å². The number of rotatable bonds is 9. The number of benzene rings is 1. The van der Waals surface area contributed by atoms with E-state index in [-0.39, 0.29) is 41.6 Å². The van der Waals surface area contributed by atoms with Crippen molar-refractivity contribution in [1.29, 1.82) is 0 Å². The predicted octanol–water partition coefficient (Wildman–Crippen LogP) is 0.937. The lowest BCUT2D eigenvalue weighted by atomic mass is 9.89. The van der Waals surface area contributed by atoms with Crippen molar-refractivity contribution in [2.24, 2.45) is 17.8 Å². The first-order chi connectivity index (χ1) is 17.0. The minimum Gasteiger partial charge on any atom is -0.493 e. The van der Waals surface area contributed by atoms with Crippen LogP contribution in [0.15, 0.2) is 24.3 Å². The number of carbonyl (C=O) groups excluding carboxylic acids is 3. The SMILES string of the molecule is O=C(CN1CCC(C(=O)c2ccc(OCC3CC3)cc2)CC1)NCC1NC(=O)C2COCCC2N1. The van der Waals surface area contributed by atoms with Gasteiger partial charge in [-0.1, -0.05) is 0 Å². The van der Waals surface area contributed by atoms with Crippen molar-refractivity contribution in [3.63, 3.8) is 0 Å². The van der Waals surface area contributed by atoms with E-state index in [1.165, 1.54) is 12.8 Å².